The Labute approximate surface area is 310 Å². The van der Waals surface area contributed by atoms with Crippen molar-refractivity contribution in [2.75, 3.05) is 46.1 Å². The summed E-state index contributed by atoms with van der Waals surface area (Å²) >= 11 is 0. The number of morpholine rings is 1. The van der Waals surface area contributed by atoms with Crippen molar-refractivity contribution in [2.24, 2.45) is 0 Å². The van der Waals surface area contributed by atoms with Crippen molar-refractivity contribution in [2.45, 2.75) is 62.6 Å². The lowest BCUT2D eigenvalue weighted by Gasteiger charge is -2.31. The van der Waals surface area contributed by atoms with Crippen LogP contribution in [-0.2, 0) is 14.3 Å². The highest BCUT2D eigenvalue weighted by molar-refractivity contribution is 6.00. The van der Waals surface area contributed by atoms with Crippen LogP contribution in [0.1, 0.15) is 61.4 Å². The van der Waals surface area contributed by atoms with Crippen molar-refractivity contribution in [1.29, 1.82) is 0 Å². The van der Waals surface area contributed by atoms with E-state index in [2.05, 4.69) is 15.4 Å². The van der Waals surface area contributed by atoms with Gasteiger partial charge in [0.1, 0.15) is 6.61 Å². The molecule has 4 aromatic rings. The second kappa shape index (κ2) is 16.4. The maximum absolute atomic E-state index is 15.4. The molecule has 54 heavy (non-hydrogen) atoms. The number of hydrogen-bond acceptors (Lipinski definition) is 8. The van der Waals surface area contributed by atoms with Crippen LogP contribution in [0, 0.1) is 5.95 Å². The van der Waals surface area contributed by atoms with E-state index in [1.165, 1.54) is 17.0 Å². The minimum absolute atomic E-state index is 0.0239. The van der Waals surface area contributed by atoms with Gasteiger partial charge in [-0.25, -0.2) is 9.67 Å². The number of aliphatic hydroxyl groups excluding tert-OH is 1. The molecule has 2 aromatic carbocycles. The number of fused-ring (bicyclic) bond motifs is 1. The quantitative estimate of drug-likeness (QED) is 0.0912. The van der Waals surface area contributed by atoms with E-state index in [9.17, 15) is 23.1 Å². The second-order valence-electron chi connectivity index (χ2n) is 14.0. The molecule has 1 saturated carbocycles. The highest BCUT2D eigenvalue weighted by Crippen LogP contribution is 2.41. The van der Waals surface area contributed by atoms with E-state index in [4.69, 9.17) is 14.2 Å². The largest absolute Gasteiger partial charge is 0.476 e. The molecule has 14 heteroatoms. The number of carbonyl (C=O) groups excluding carboxylic acids is 1. The van der Waals surface area contributed by atoms with Gasteiger partial charge in [-0.15, -0.1) is 5.10 Å². The average Bonchev–Trinajstić information content (AvgIpc) is 3.90. The molecule has 2 saturated heterocycles. The van der Waals surface area contributed by atoms with E-state index in [0.717, 1.165) is 25.7 Å². The number of amides is 1. The third-order valence-electron chi connectivity index (χ3n) is 10.1. The van der Waals surface area contributed by atoms with Crippen LogP contribution in [0.25, 0.3) is 22.0 Å². The number of rotatable bonds is 13. The number of ether oxygens (including phenoxy) is 3. The number of nitrogens with zero attached hydrogens (tertiary/aromatic N) is 4. The van der Waals surface area contributed by atoms with E-state index >= 15 is 4.39 Å². The molecule has 0 bridgehead atoms. The summed E-state index contributed by atoms with van der Waals surface area (Å²) in [7, 11) is 0. The number of aromatic nitrogens is 3. The summed E-state index contributed by atoms with van der Waals surface area (Å²) in [5.41, 5.74) is 1.68. The minimum atomic E-state index is -4.54. The maximum atomic E-state index is 15.4. The van der Waals surface area contributed by atoms with Crippen LogP contribution in [0.15, 0.2) is 79.0 Å². The van der Waals surface area contributed by atoms with Gasteiger partial charge in [0.2, 0.25) is 17.7 Å². The zero-order chi connectivity index (χ0) is 37.7. The van der Waals surface area contributed by atoms with Gasteiger partial charge in [0.15, 0.2) is 6.23 Å². The Morgan fingerprint density at radius 3 is 2.56 bits per heavy atom. The van der Waals surface area contributed by atoms with Gasteiger partial charge in [-0.1, -0.05) is 42.5 Å². The van der Waals surface area contributed by atoms with Crippen molar-refractivity contribution >= 4 is 28.0 Å². The van der Waals surface area contributed by atoms with E-state index in [1.807, 2.05) is 0 Å². The molecular weight excluding hydrogens is 706 g/mol. The Hall–Kier alpha value is -4.63. The number of nitrogens with one attached hydrogen (secondary N) is 1. The highest BCUT2D eigenvalue weighted by atomic mass is 19.4. The number of benzene rings is 2. The molecule has 2 N–H and O–H groups in total. The summed E-state index contributed by atoms with van der Waals surface area (Å²) in [4.78, 5) is 18.7. The summed E-state index contributed by atoms with van der Waals surface area (Å²) in [5.74, 6) is -0.565. The minimum Gasteiger partial charge on any atom is -0.476 e. The standard InChI is InChI=1S/C40H43F4N5O5/c41-38-31-21-28(11-13-33(31)49(47-38)36-10-4-5-19-53-36)37(32(22-40(42,43)44)27-7-2-1-3-8-27)29-12-14-34(45-23-29)54-26-39(15-16-39)46-17-6-9-35(51)48-18-20-52-30(24-48)25-50/h1-3,6-9,11-14,21,23,30,36,46,50H,4-5,10,15-20,22,24-26H2/b9-6+,37-32-/t30-,36?/m1/s1. The Bertz CT molecular complexity index is 1970. The predicted octanol–water partition coefficient (Wildman–Crippen LogP) is 6.46. The molecule has 7 rings (SSSR count). The number of allylic oxidation sites excluding steroid dienone is 1. The number of halogens is 4. The van der Waals surface area contributed by atoms with Gasteiger partial charge in [0.05, 0.1) is 42.2 Å². The highest BCUT2D eigenvalue weighted by Gasteiger charge is 2.43. The lowest BCUT2D eigenvalue weighted by atomic mass is 9.88. The maximum Gasteiger partial charge on any atom is 0.393 e. The van der Waals surface area contributed by atoms with Crippen molar-refractivity contribution in [3.63, 3.8) is 0 Å². The zero-order valence-corrected chi connectivity index (χ0v) is 29.7. The first-order valence-electron chi connectivity index (χ1n) is 18.3. The number of pyridine rings is 1. The molecular formula is C40H43F4N5O5. The van der Waals surface area contributed by atoms with Gasteiger partial charge in [0.25, 0.3) is 0 Å². The van der Waals surface area contributed by atoms with Crippen molar-refractivity contribution in [3.05, 3.63) is 102 Å². The zero-order valence-electron chi connectivity index (χ0n) is 29.7. The topological polar surface area (TPSA) is 111 Å². The molecule has 3 fully saturated rings. The van der Waals surface area contributed by atoms with Crippen LogP contribution in [-0.4, -0.2) is 94.6 Å². The van der Waals surface area contributed by atoms with Crippen LogP contribution >= 0.6 is 0 Å². The summed E-state index contributed by atoms with van der Waals surface area (Å²) in [6.45, 7) is 2.36. The summed E-state index contributed by atoms with van der Waals surface area (Å²) in [6.07, 6.45) is 2.46. The molecule has 286 valence electrons. The molecule has 1 amide bonds. The van der Waals surface area contributed by atoms with Crippen molar-refractivity contribution < 1.29 is 41.7 Å². The van der Waals surface area contributed by atoms with Crippen LogP contribution in [0.4, 0.5) is 17.6 Å². The average molecular weight is 750 g/mol. The third kappa shape index (κ3) is 9.00. The van der Waals surface area contributed by atoms with E-state index in [1.54, 1.807) is 71.6 Å². The van der Waals surface area contributed by atoms with Gasteiger partial charge in [-0.3, -0.25) is 4.79 Å². The number of alkyl halides is 3. The van der Waals surface area contributed by atoms with Crippen LogP contribution in [0.5, 0.6) is 5.88 Å². The normalized spacial score (nSPS) is 20.6. The lowest BCUT2D eigenvalue weighted by Crippen LogP contribution is -2.46. The Morgan fingerprint density at radius 2 is 1.85 bits per heavy atom. The first kappa shape index (κ1) is 37.7. The molecule has 10 nitrogen and oxygen atoms in total. The fourth-order valence-corrected chi connectivity index (χ4v) is 7.00. The monoisotopic (exact) mass is 749 g/mol. The SMILES string of the molecule is O=C(/C=C/CNC1(COc2ccc(/C(=C(/CC(F)(F)F)c3ccccc3)c3ccc4c(c3)c(F)nn4C3CCCCO3)cn2)CC1)N1CCO[C@@H](CO)C1. The fraction of sp³-hybridized carbons (Fsp3) is 0.425. The van der Waals surface area contributed by atoms with Gasteiger partial charge >= 0.3 is 6.18 Å². The molecule has 1 unspecified atom stereocenters. The number of hydrogen-bond donors (Lipinski definition) is 2. The van der Waals surface area contributed by atoms with E-state index < -0.39 is 24.8 Å². The van der Waals surface area contributed by atoms with Crippen molar-refractivity contribution in [1.82, 2.24) is 25.0 Å². The van der Waals surface area contributed by atoms with Gasteiger partial charge < -0.3 is 29.5 Å². The summed E-state index contributed by atoms with van der Waals surface area (Å²) < 4.78 is 77.0. The fourth-order valence-electron chi connectivity index (χ4n) is 7.00. The Morgan fingerprint density at radius 1 is 1.04 bits per heavy atom. The van der Waals surface area contributed by atoms with Gasteiger partial charge in [-0.2, -0.15) is 17.6 Å². The molecule has 2 atom stereocenters. The van der Waals surface area contributed by atoms with Crippen LogP contribution in [0.3, 0.4) is 0 Å². The molecule has 4 heterocycles. The molecule has 2 aromatic heterocycles. The lowest BCUT2D eigenvalue weighted by molar-refractivity contribution is -0.135. The van der Waals surface area contributed by atoms with E-state index in [0.29, 0.717) is 74.0 Å². The third-order valence-corrected chi connectivity index (χ3v) is 10.1. The molecule has 0 radical (unpaired) electrons. The smallest absolute Gasteiger partial charge is 0.393 e. The second-order valence-corrected chi connectivity index (χ2v) is 14.0. The van der Waals surface area contributed by atoms with Gasteiger partial charge in [0, 0.05) is 50.1 Å². The number of carbonyl (C=O) groups is 1. The predicted molar refractivity (Wildman–Crippen MR) is 194 cm³/mol. The first-order valence-corrected chi connectivity index (χ1v) is 18.3. The molecule has 0 spiro atoms. The first-order chi connectivity index (χ1) is 26.1. The Kier molecular flexibility index (Phi) is 11.4. The van der Waals surface area contributed by atoms with Crippen LogP contribution < -0.4 is 10.1 Å². The number of aliphatic hydroxyl groups is 1. The molecule has 1 aliphatic carbocycles. The summed E-state index contributed by atoms with van der Waals surface area (Å²) in [6, 6.07) is 16.6. The van der Waals surface area contributed by atoms with Crippen LogP contribution in [0.2, 0.25) is 0 Å². The van der Waals surface area contributed by atoms with Crippen molar-refractivity contribution in [3.8, 4) is 5.88 Å². The summed E-state index contributed by atoms with van der Waals surface area (Å²) in [5, 5.41) is 17.1. The Balaban J connectivity index is 1.11. The van der Waals surface area contributed by atoms with E-state index in [-0.39, 0.29) is 40.7 Å². The van der Waals surface area contributed by atoms with Gasteiger partial charge in [-0.05, 0) is 72.6 Å². The molecule has 3 aliphatic rings. The molecule has 2 aliphatic heterocycles.